The fourth-order valence-corrected chi connectivity index (χ4v) is 2.09. The number of anilines is 2. The lowest BCUT2D eigenvalue weighted by Gasteiger charge is -2.15. The lowest BCUT2D eigenvalue weighted by molar-refractivity contribution is 0.292. The monoisotopic (exact) mass is 303 g/mol. The summed E-state index contributed by atoms with van der Waals surface area (Å²) in [5.74, 6) is 1.70. The van der Waals surface area contributed by atoms with Gasteiger partial charge >= 0.3 is 0 Å². The van der Waals surface area contributed by atoms with Crippen molar-refractivity contribution in [2.75, 3.05) is 23.8 Å². The summed E-state index contributed by atoms with van der Waals surface area (Å²) in [6.07, 6.45) is 2.49. The average molecular weight is 303 g/mol. The van der Waals surface area contributed by atoms with Gasteiger partial charge in [-0.2, -0.15) is 0 Å². The van der Waals surface area contributed by atoms with E-state index < -0.39 is 0 Å². The van der Waals surface area contributed by atoms with Gasteiger partial charge in [0.2, 0.25) is 5.95 Å². The highest BCUT2D eigenvalue weighted by Gasteiger charge is 2.12. The standard InChI is InChI=1S/C16H25N5O/c1-10(2)13-8-12-9-18-16(17-6-5-7-22)21-14(12)15(20-13)19-11(3)4/h8-11,22H,5-7H2,1-4H3,(H,19,20)(H,17,18,21). The Morgan fingerprint density at radius 2 is 1.95 bits per heavy atom. The normalized spacial score (nSPS) is 11.4. The van der Waals surface area contributed by atoms with Crippen LogP contribution < -0.4 is 10.6 Å². The second-order valence-electron chi connectivity index (χ2n) is 5.98. The van der Waals surface area contributed by atoms with Gasteiger partial charge in [-0.25, -0.2) is 15.0 Å². The number of rotatable bonds is 7. The Kier molecular flexibility index (Phi) is 5.49. The average Bonchev–Trinajstić information content (AvgIpc) is 2.47. The second kappa shape index (κ2) is 7.35. The summed E-state index contributed by atoms with van der Waals surface area (Å²) in [7, 11) is 0. The largest absolute Gasteiger partial charge is 0.396 e. The van der Waals surface area contributed by atoms with Gasteiger partial charge in [0.05, 0.1) is 0 Å². The number of aromatic nitrogens is 3. The van der Waals surface area contributed by atoms with Crippen LogP contribution in [0.3, 0.4) is 0 Å². The van der Waals surface area contributed by atoms with E-state index in [2.05, 4.69) is 48.3 Å². The molecule has 2 aromatic heterocycles. The van der Waals surface area contributed by atoms with Crippen LogP contribution in [-0.4, -0.2) is 39.3 Å². The van der Waals surface area contributed by atoms with E-state index in [-0.39, 0.29) is 12.6 Å². The first-order valence-corrected chi connectivity index (χ1v) is 7.80. The van der Waals surface area contributed by atoms with Crippen molar-refractivity contribution in [2.45, 2.75) is 46.1 Å². The number of hydrogen-bond donors (Lipinski definition) is 3. The van der Waals surface area contributed by atoms with Crippen molar-refractivity contribution < 1.29 is 5.11 Å². The summed E-state index contributed by atoms with van der Waals surface area (Å²) in [6.45, 7) is 9.21. The molecule has 6 heteroatoms. The number of hydrogen-bond acceptors (Lipinski definition) is 6. The molecule has 2 aromatic rings. The fraction of sp³-hybridized carbons (Fsp3) is 0.562. The zero-order chi connectivity index (χ0) is 16.1. The van der Waals surface area contributed by atoms with Gasteiger partial charge in [0.15, 0.2) is 5.82 Å². The Hall–Kier alpha value is -1.95. The van der Waals surface area contributed by atoms with Crippen LogP contribution >= 0.6 is 0 Å². The van der Waals surface area contributed by atoms with Crippen molar-refractivity contribution >= 4 is 22.7 Å². The quantitative estimate of drug-likeness (QED) is 0.682. The molecule has 0 fully saturated rings. The molecule has 120 valence electrons. The van der Waals surface area contributed by atoms with Crippen molar-refractivity contribution in [3.8, 4) is 0 Å². The lowest BCUT2D eigenvalue weighted by atomic mass is 10.1. The molecule has 2 rings (SSSR count). The van der Waals surface area contributed by atoms with Crippen molar-refractivity contribution in [2.24, 2.45) is 0 Å². The summed E-state index contributed by atoms with van der Waals surface area (Å²) in [4.78, 5) is 13.6. The molecule has 0 bridgehead atoms. The molecule has 0 aromatic carbocycles. The van der Waals surface area contributed by atoms with Gasteiger partial charge < -0.3 is 15.7 Å². The number of pyridine rings is 1. The molecular formula is C16H25N5O. The van der Waals surface area contributed by atoms with Crippen molar-refractivity contribution in [1.82, 2.24) is 15.0 Å². The number of aliphatic hydroxyl groups excluding tert-OH is 1. The summed E-state index contributed by atoms with van der Waals surface area (Å²) in [5, 5.41) is 16.3. The minimum absolute atomic E-state index is 0.153. The van der Waals surface area contributed by atoms with Crippen LogP contribution in [0.1, 0.15) is 45.7 Å². The first-order valence-electron chi connectivity index (χ1n) is 7.80. The number of aliphatic hydroxyl groups is 1. The van der Waals surface area contributed by atoms with E-state index >= 15 is 0 Å². The highest BCUT2D eigenvalue weighted by molar-refractivity contribution is 5.89. The van der Waals surface area contributed by atoms with Crippen molar-refractivity contribution in [3.05, 3.63) is 18.0 Å². The second-order valence-corrected chi connectivity index (χ2v) is 5.98. The molecule has 2 heterocycles. The molecule has 22 heavy (non-hydrogen) atoms. The minimum atomic E-state index is 0.153. The van der Waals surface area contributed by atoms with Gasteiger partial charge in [0.1, 0.15) is 5.52 Å². The molecule has 0 unspecified atom stereocenters. The zero-order valence-electron chi connectivity index (χ0n) is 13.7. The predicted molar refractivity (Wildman–Crippen MR) is 90.4 cm³/mol. The van der Waals surface area contributed by atoms with Crippen molar-refractivity contribution in [3.63, 3.8) is 0 Å². The fourth-order valence-electron chi connectivity index (χ4n) is 2.09. The minimum Gasteiger partial charge on any atom is -0.396 e. The Bertz CT molecular complexity index is 627. The van der Waals surface area contributed by atoms with E-state index in [4.69, 9.17) is 10.1 Å². The summed E-state index contributed by atoms with van der Waals surface area (Å²) < 4.78 is 0. The Balaban J connectivity index is 2.42. The molecule has 0 atom stereocenters. The molecule has 0 aliphatic heterocycles. The Labute approximate surface area is 131 Å². The lowest BCUT2D eigenvalue weighted by Crippen LogP contribution is -2.14. The Morgan fingerprint density at radius 3 is 2.59 bits per heavy atom. The van der Waals surface area contributed by atoms with Gasteiger partial charge in [-0.1, -0.05) is 13.8 Å². The SMILES string of the molecule is CC(C)Nc1nc(C(C)C)cc2cnc(NCCCO)nc12. The van der Waals surface area contributed by atoms with Gasteiger partial charge in [-0.3, -0.25) is 0 Å². The molecule has 3 N–H and O–H groups in total. The molecule has 0 aliphatic rings. The molecule has 0 saturated heterocycles. The maximum atomic E-state index is 8.84. The maximum absolute atomic E-state index is 8.84. The molecule has 0 amide bonds. The summed E-state index contributed by atoms with van der Waals surface area (Å²) in [5.41, 5.74) is 1.85. The van der Waals surface area contributed by atoms with Gasteiger partial charge in [0, 0.05) is 36.5 Å². The third kappa shape index (κ3) is 4.04. The van der Waals surface area contributed by atoms with Crippen LogP contribution in [0.25, 0.3) is 10.9 Å². The first kappa shape index (κ1) is 16.4. The summed E-state index contributed by atoms with van der Waals surface area (Å²) >= 11 is 0. The van der Waals surface area contributed by atoms with E-state index in [1.807, 2.05) is 12.3 Å². The maximum Gasteiger partial charge on any atom is 0.223 e. The number of fused-ring (bicyclic) bond motifs is 1. The van der Waals surface area contributed by atoms with Crippen molar-refractivity contribution in [1.29, 1.82) is 0 Å². The van der Waals surface area contributed by atoms with E-state index in [0.29, 0.717) is 24.8 Å². The van der Waals surface area contributed by atoms with Crippen LogP contribution in [0.5, 0.6) is 0 Å². The molecule has 0 radical (unpaired) electrons. The molecule has 0 spiro atoms. The third-order valence-corrected chi connectivity index (χ3v) is 3.22. The van der Waals surface area contributed by atoms with E-state index in [9.17, 15) is 0 Å². The molecule has 0 saturated carbocycles. The number of nitrogens with zero attached hydrogens (tertiary/aromatic N) is 3. The summed E-state index contributed by atoms with van der Waals surface area (Å²) in [6, 6.07) is 2.32. The van der Waals surface area contributed by atoms with E-state index in [1.54, 1.807) is 0 Å². The highest BCUT2D eigenvalue weighted by atomic mass is 16.3. The van der Waals surface area contributed by atoms with Crippen LogP contribution in [0.2, 0.25) is 0 Å². The first-order chi connectivity index (χ1) is 10.5. The molecule has 6 nitrogen and oxygen atoms in total. The van der Waals surface area contributed by atoms with Crippen LogP contribution in [-0.2, 0) is 0 Å². The zero-order valence-corrected chi connectivity index (χ0v) is 13.7. The topological polar surface area (TPSA) is 83.0 Å². The van der Waals surface area contributed by atoms with Gasteiger partial charge in [-0.05, 0) is 32.3 Å². The van der Waals surface area contributed by atoms with E-state index in [1.165, 1.54) is 0 Å². The van der Waals surface area contributed by atoms with Crippen LogP contribution in [0, 0.1) is 0 Å². The Morgan fingerprint density at radius 1 is 1.18 bits per heavy atom. The number of nitrogens with one attached hydrogen (secondary N) is 2. The predicted octanol–water partition coefficient (Wildman–Crippen LogP) is 2.76. The van der Waals surface area contributed by atoms with Crippen LogP contribution in [0.4, 0.5) is 11.8 Å². The highest BCUT2D eigenvalue weighted by Crippen LogP contribution is 2.25. The smallest absolute Gasteiger partial charge is 0.223 e. The van der Waals surface area contributed by atoms with Crippen LogP contribution in [0.15, 0.2) is 12.3 Å². The molecular weight excluding hydrogens is 278 g/mol. The van der Waals surface area contributed by atoms with E-state index in [0.717, 1.165) is 22.4 Å². The van der Waals surface area contributed by atoms with Gasteiger partial charge in [-0.15, -0.1) is 0 Å². The third-order valence-electron chi connectivity index (χ3n) is 3.22. The molecule has 0 aliphatic carbocycles. The van der Waals surface area contributed by atoms with Gasteiger partial charge in [0.25, 0.3) is 0 Å².